The van der Waals surface area contributed by atoms with Crippen molar-refractivity contribution in [2.45, 2.75) is 63.6 Å². The first kappa shape index (κ1) is 19.9. The van der Waals surface area contributed by atoms with Gasteiger partial charge >= 0.3 is 12.1 Å². The van der Waals surface area contributed by atoms with Gasteiger partial charge in [-0.25, -0.2) is 4.79 Å². The highest BCUT2D eigenvalue weighted by Crippen LogP contribution is 2.60. The van der Waals surface area contributed by atoms with E-state index >= 15 is 0 Å². The Hall–Kier alpha value is -0.820. The van der Waals surface area contributed by atoms with Crippen molar-refractivity contribution < 1.29 is 27.8 Å². The molecule has 0 spiro atoms. The van der Waals surface area contributed by atoms with Crippen molar-refractivity contribution in [2.24, 2.45) is 23.2 Å². The van der Waals surface area contributed by atoms with E-state index in [0.717, 1.165) is 37.0 Å². The van der Waals surface area contributed by atoms with Gasteiger partial charge in [0.2, 0.25) is 0 Å². The first-order valence-electron chi connectivity index (χ1n) is 9.75. The molecule has 4 saturated carbocycles. The molecule has 5 aliphatic rings. The topological polar surface area (TPSA) is 49.8 Å². The minimum Gasteiger partial charge on any atom is -0.475 e. The van der Waals surface area contributed by atoms with Crippen LogP contribution >= 0.6 is 0 Å². The van der Waals surface area contributed by atoms with Gasteiger partial charge in [0.25, 0.3) is 0 Å². The number of carbonyl (C=O) groups is 1. The molecular weight excluding hydrogens is 347 g/mol. The molecule has 0 amide bonds. The van der Waals surface area contributed by atoms with Crippen molar-refractivity contribution in [1.29, 1.82) is 0 Å². The number of aliphatic carboxylic acids is 1. The van der Waals surface area contributed by atoms with Crippen LogP contribution in [0.5, 0.6) is 0 Å². The van der Waals surface area contributed by atoms with Gasteiger partial charge in [-0.3, -0.25) is 0 Å². The second-order valence-corrected chi connectivity index (χ2v) is 8.98. The maximum Gasteiger partial charge on any atom is 0.490 e. The molecule has 26 heavy (non-hydrogen) atoms. The molecule has 5 fully saturated rings. The van der Waals surface area contributed by atoms with E-state index < -0.39 is 12.1 Å². The standard InChI is InChI=1S/C17H29NO.C2HF3O2/c1-18(16-2-4-19-5-3-16)12-17-9-13-6-14(10-17)8-15(7-13)11-17;3-2(4,5)1(6)7/h13-16H,2-12H2,1H3;(H,6,7). The number of nitrogens with zero attached hydrogens (tertiary/aromatic N) is 1. The van der Waals surface area contributed by atoms with Crippen LogP contribution in [0.15, 0.2) is 0 Å². The number of ether oxygens (including phenoxy) is 1. The summed E-state index contributed by atoms with van der Waals surface area (Å²) in [4.78, 5) is 11.6. The lowest BCUT2D eigenvalue weighted by atomic mass is 9.49. The van der Waals surface area contributed by atoms with Crippen LogP contribution < -0.4 is 0 Å². The van der Waals surface area contributed by atoms with Crippen molar-refractivity contribution in [3.8, 4) is 0 Å². The molecule has 0 atom stereocenters. The zero-order valence-corrected chi connectivity index (χ0v) is 15.4. The van der Waals surface area contributed by atoms with Crippen molar-refractivity contribution in [3.05, 3.63) is 0 Å². The van der Waals surface area contributed by atoms with Gasteiger partial charge in [0.05, 0.1) is 0 Å². The van der Waals surface area contributed by atoms with Gasteiger partial charge in [0, 0.05) is 25.8 Å². The van der Waals surface area contributed by atoms with Crippen LogP contribution in [0.3, 0.4) is 0 Å². The summed E-state index contributed by atoms with van der Waals surface area (Å²) in [5.74, 6) is 0.519. The number of carboxylic acid groups (broad SMARTS) is 1. The van der Waals surface area contributed by atoms with Crippen LogP contribution in [0.4, 0.5) is 13.2 Å². The van der Waals surface area contributed by atoms with Crippen LogP contribution in [0.2, 0.25) is 0 Å². The lowest BCUT2D eigenvalue weighted by Crippen LogP contribution is -2.52. The van der Waals surface area contributed by atoms with Gasteiger partial charge in [-0.15, -0.1) is 0 Å². The largest absolute Gasteiger partial charge is 0.490 e. The summed E-state index contributed by atoms with van der Waals surface area (Å²) < 4.78 is 37.3. The van der Waals surface area contributed by atoms with E-state index in [2.05, 4.69) is 11.9 Å². The summed E-state index contributed by atoms with van der Waals surface area (Å²) in [5.41, 5.74) is 0.710. The smallest absolute Gasteiger partial charge is 0.475 e. The van der Waals surface area contributed by atoms with Crippen LogP contribution in [-0.2, 0) is 9.53 Å². The molecule has 5 rings (SSSR count). The van der Waals surface area contributed by atoms with Gasteiger partial charge in [0.1, 0.15) is 0 Å². The fourth-order valence-electron chi connectivity index (χ4n) is 6.27. The summed E-state index contributed by atoms with van der Waals surface area (Å²) in [5, 5.41) is 7.12. The monoisotopic (exact) mass is 377 g/mol. The predicted octanol–water partition coefficient (Wildman–Crippen LogP) is 3.95. The summed E-state index contributed by atoms with van der Waals surface area (Å²) in [7, 11) is 2.38. The fraction of sp³-hybridized carbons (Fsp3) is 0.947. The van der Waals surface area contributed by atoms with Crippen LogP contribution in [-0.4, -0.2) is 55.0 Å². The van der Waals surface area contributed by atoms with E-state index in [0.29, 0.717) is 5.41 Å². The third-order valence-corrected chi connectivity index (χ3v) is 6.81. The zero-order chi connectivity index (χ0) is 18.9. The maximum absolute atomic E-state index is 10.6. The average Bonchev–Trinajstić information content (AvgIpc) is 2.53. The number of hydrogen-bond donors (Lipinski definition) is 1. The molecule has 150 valence electrons. The van der Waals surface area contributed by atoms with E-state index in [9.17, 15) is 13.2 Å². The summed E-state index contributed by atoms with van der Waals surface area (Å²) >= 11 is 0. The quantitative estimate of drug-likeness (QED) is 0.809. The number of hydrogen-bond acceptors (Lipinski definition) is 3. The van der Waals surface area contributed by atoms with Crippen LogP contribution in [0.1, 0.15) is 51.4 Å². The molecule has 0 radical (unpaired) electrons. The molecule has 0 aromatic rings. The highest BCUT2D eigenvalue weighted by molar-refractivity contribution is 5.73. The molecule has 7 heteroatoms. The number of halogens is 3. The summed E-state index contributed by atoms with van der Waals surface area (Å²) in [6, 6.07) is 0.793. The van der Waals surface area contributed by atoms with Gasteiger partial charge in [-0.05, 0) is 81.6 Å². The molecule has 0 aromatic heterocycles. The molecule has 4 aliphatic carbocycles. The van der Waals surface area contributed by atoms with Crippen molar-refractivity contribution in [3.63, 3.8) is 0 Å². The zero-order valence-electron chi connectivity index (χ0n) is 15.4. The Balaban J connectivity index is 0.000000242. The normalized spacial score (nSPS) is 36.7. The number of alkyl halides is 3. The van der Waals surface area contributed by atoms with Gasteiger partial charge in [0.15, 0.2) is 0 Å². The molecule has 1 aliphatic heterocycles. The predicted molar refractivity (Wildman–Crippen MR) is 90.8 cm³/mol. The van der Waals surface area contributed by atoms with Gasteiger partial charge in [-0.2, -0.15) is 13.2 Å². The van der Waals surface area contributed by atoms with E-state index in [-0.39, 0.29) is 0 Å². The Morgan fingerprint density at radius 3 is 1.88 bits per heavy atom. The van der Waals surface area contributed by atoms with Crippen molar-refractivity contribution >= 4 is 5.97 Å². The molecule has 0 unspecified atom stereocenters. The maximum atomic E-state index is 10.6. The molecule has 1 saturated heterocycles. The Kier molecular flexibility index (Phi) is 5.87. The molecular formula is C19H30F3NO3. The van der Waals surface area contributed by atoms with E-state index in [1.54, 1.807) is 38.5 Å². The molecule has 1 N–H and O–H groups in total. The van der Waals surface area contributed by atoms with Crippen molar-refractivity contribution in [1.82, 2.24) is 4.90 Å². The Bertz CT molecular complexity index is 467. The molecule has 4 nitrogen and oxygen atoms in total. The van der Waals surface area contributed by atoms with E-state index in [1.807, 2.05) is 0 Å². The third-order valence-electron chi connectivity index (χ3n) is 6.81. The first-order valence-corrected chi connectivity index (χ1v) is 9.75. The second-order valence-electron chi connectivity index (χ2n) is 8.98. The number of carboxylic acids is 1. The van der Waals surface area contributed by atoms with Gasteiger partial charge < -0.3 is 14.7 Å². The van der Waals surface area contributed by atoms with E-state index in [1.165, 1.54) is 19.4 Å². The lowest BCUT2D eigenvalue weighted by molar-refractivity contribution is -0.192. The minimum absolute atomic E-state index is 0.710. The average molecular weight is 377 g/mol. The van der Waals surface area contributed by atoms with Gasteiger partial charge in [-0.1, -0.05) is 0 Å². The summed E-state index contributed by atoms with van der Waals surface area (Å²) in [6.45, 7) is 3.34. The first-order chi connectivity index (χ1) is 12.2. The van der Waals surface area contributed by atoms with Crippen LogP contribution in [0.25, 0.3) is 0 Å². The van der Waals surface area contributed by atoms with E-state index in [4.69, 9.17) is 14.6 Å². The summed E-state index contributed by atoms with van der Waals surface area (Å²) in [6.07, 6.45) is 6.78. The fourth-order valence-corrected chi connectivity index (χ4v) is 6.27. The Labute approximate surface area is 153 Å². The molecule has 1 heterocycles. The SMILES string of the molecule is CN(CC12CC3CC(CC(C3)C1)C2)C1CCOCC1.O=C(O)C(F)(F)F. The minimum atomic E-state index is -5.08. The highest BCUT2D eigenvalue weighted by atomic mass is 19.4. The Morgan fingerprint density at radius 2 is 1.50 bits per heavy atom. The van der Waals surface area contributed by atoms with Crippen molar-refractivity contribution in [2.75, 3.05) is 26.8 Å². The lowest BCUT2D eigenvalue weighted by Gasteiger charge is -2.58. The Morgan fingerprint density at radius 1 is 1.08 bits per heavy atom. The van der Waals surface area contributed by atoms with Crippen LogP contribution in [0, 0.1) is 23.2 Å². The molecule has 0 aromatic carbocycles. The second kappa shape index (κ2) is 7.66. The molecule has 4 bridgehead atoms. The highest BCUT2D eigenvalue weighted by Gasteiger charge is 2.51. The number of rotatable bonds is 3. The third kappa shape index (κ3) is 4.71.